The van der Waals surface area contributed by atoms with Crippen molar-refractivity contribution in [2.45, 2.75) is 90.4 Å². The molecule has 2 atom stereocenters. The molecule has 2 heterocycles. The van der Waals surface area contributed by atoms with E-state index in [1.165, 1.54) is 64.2 Å². The summed E-state index contributed by atoms with van der Waals surface area (Å²) in [6.07, 6.45) is 14.2. The van der Waals surface area contributed by atoms with Gasteiger partial charge in [-0.15, -0.1) is 0 Å². The van der Waals surface area contributed by atoms with Crippen LogP contribution in [-0.2, 0) is 14.2 Å². The van der Waals surface area contributed by atoms with Crippen LogP contribution in [0.3, 0.4) is 0 Å². The van der Waals surface area contributed by atoms with Gasteiger partial charge >= 0.3 is 0 Å². The van der Waals surface area contributed by atoms with Crippen LogP contribution in [0.5, 0.6) is 0 Å². The van der Waals surface area contributed by atoms with Crippen LogP contribution in [-0.4, -0.2) is 32.2 Å². The summed E-state index contributed by atoms with van der Waals surface area (Å²) in [5.41, 5.74) is 0. The molecule has 0 radical (unpaired) electrons. The zero-order chi connectivity index (χ0) is 16.8. The largest absolute Gasteiger partial charge is 0.378 e. The van der Waals surface area contributed by atoms with Crippen LogP contribution in [0.25, 0.3) is 0 Å². The molecule has 0 N–H and O–H groups in total. The smallest absolute Gasteiger partial charge is 0.154 e. The third-order valence-corrected chi connectivity index (χ3v) is 6.61. The Hall–Kier alpha value is -0.120. The first-order valence-electron chi connectivity index (χ1n) is 10.5. The van der Waals surface area contributed by atoms with E-state index >= 15 is 0 Å². The summed E-state index contributed by atoms with van der Waals surface area (Å²) in [6, 6.07) is 0. The van der Waals surface area contributed by atoms with Crippen molar-refractivity contribution in [2.75, 3.05) is 19.8 Å². The second-order valence-corrected chi connectivity index (χ2v) is 8.78. The van der Waals surface area contributed by atoms with Crippen LogP contribution in [0.2, 0.25) is 0 Å². The molecule has 3 fully saturated rings. The summed E-state index contributed by atoms with van der Waals surface area (Å²) in [5.74, 6) is 3.37. The molecule has 0 aromatic carbocycles. The van der Waals surface area contributed by atoms with E-state index < -0.39 is 0 Å². The minimum Gasteiger partial charge on any atom is -0.378 e. The van der Waals surface area contributed by atoms with Crippen molar-refractivity contribution in [2.24, 2.45) is 23.7 Å². The molecule has 2 saturated heterocycles. The van der Waals surface area contributed by atoms with Gasteiger partial charge in [-0.1, -0.05) is 39.0 Å². The molecule has 0 amide bonds. The first kappa shape index (κ1) is 18.7. The fourth-order valence-electron chi connectivity index (χ4n) is 4.63. The molecule has 1 saturated carbocycles. The molecule has 3 heteroatoms. The molecule has 0 bridgehead atoms. The van der Waals surface area contributed by atoms with Gasteiger partial charge in [0.25, 0.3) is 0 Å². The predicted octanol–water partition coefficient (Wildman–Crippen LogP) is 5.18. The van der Waals surface area contributed by atoms with Crippen LogP contribution in [0.1, 0.15) is 78.1 Å². The first-order chi connectivity index (χ1) is 11.7. The topological polar surface area (TPSA) is 27.7 Å². The van der Waals surface area contributed by atoms with Gasteiger partial charge in [0.15, 0.2) is 6.29 Å². The molecule has 24 heavy (non-hydrogen) atoms. The maximum absolute atomic E-state index is 6.18. The van der Waals surface area contributed by atoms with Gasteiger partial charge in [-0.2, -0.15) is 0 Å². The summed E-state index contributed by atoms with van der Waals surface area (Å²) < 4.78 is 17.3. The molecule has 0 spiro atoms. The molecular weight excluding hydrogens is 300 g/mol. The summed E-state index contributed by atoms with van der Waals surface area (Å²) in [5, 5.41) is 0. The van der Waals surface area contributed by atoms with E-state index in [4.69, 9.17) is 14.2 Å². The Labute approximate surface area is 148 Å². The Morgan fingerprint density at radius 1 is 0.583 bits per heavy atom. The van der Waals surface area contributed by atoms with E-state index in [9.17, 15) is 0 Å². The quantitative estimate of drug-likeness (QED) is 0.668. The molecular formula is C21H38O3. The number of rotatable bonds is 6. The average Bonchev–Trinajstić information content (AvgIpc) is 2.62. The highest BCUT2D eigenvalue weighted by Crippen LogP contribution is 2.34. The SMILES string of the molecule is CC1CCC(CCC2CCC(CCC3COC(C)OC3)OC2)CC1. The lowest BCUT2D eigenvalue weighted by atomic mass is 9.79. The van der Waals surface area contributed by atoms with Crippen LogP contribution in [0.15, 0.2) is 0 Å². The van der Waals surface area contributed by atoms with E-state index in [2.05, 4.69) is 6.92 Å². The fraction of sp³-hybridized carbons (Fsp3) is 1.00. The van der Waals surface area contributed by atoms with Gasteiger partial charge in [-0.3, -0.25) is 0 Å². The van der Waals surface area contributed by atoms with Gasteiger partial charge in [0, 0.05) is 12.5 Å². The fourth-order valence-corrected chi connectivity index (χ4v) is 4.63. The van der Waals surface area contributed by atoms with Gasteiger partial charge in [0.05, 0.1) is 19.3 Å². The molecule has 2 unspecified atom stereocenters. The molecule has 0 aromatic heterocycles. The first-order valence-corrected chi connectivity index (χ1v) is 10.5. The lowest BCUT2D eigenvalue weighted by Crippen LogP contribution is -2.32. The Balaban J connectivity index is 1.24. The van der Waals surface area contributed by atoms with Crippen molar-refractivity contribution in [3.8, 4) is 0 Å². The molecule has 3 aliphatic rings. The number of hydrogen-bond acceptors (Lipinski definition) is 3. The average molecular weight is 339 g/mol. The monoisotopic (exact) mass is 338 g/mol. The van der Waals surface area contributed by atoms with E-state index in [-0.39, 0.29) is 6.29 Å². The van der Waals surface area contributed by atoms with Crippen LogP contribution in [0, 0.1) is 23.7 Å². The Morgan fingerprint density at radius 3 is 1.83 bits per heavy atom. The van der Waals surface area contributed by atoms with E-state index in [0.717, 1.165) is 37.6 Å². The summed E-state index contributed by atoms with van der Waals surface area (Å²) >= 11 is 0. The predicted molar refractivity (Wildman–Crippen MR) is 96.9 cm³/mol. The second-order valence-electron chi connectivity index (χ2n) is 8.78. The molecule has 0 aromatic rings. The van der Waals surface area contributed by atoms with Crippen molar-refractivity contribution in [3.63, 3.8) is 0 Å². The van der Waals surface area contributed by atoms with Crippen molar-refractivity contribution in [1.29, 1.82) is 0 Å². The molecule has 1 aliphatic carbocycles. The minimum absolute atomic E-state index is 0.0136. The van der Waals surface area contributed by atoms with Crippen LogP contribution in [0.4, 0.5) is 0 Å². The van der Waals surface area contributed by atoms with Crippen molar-refractivity contribution < 1.29 is 14.2 Å². The Morgan fingerprint density at radius 2 is 1.17 bits per heavy atom. The highest BCUT2D eigenvalue weighted by molar-refractivity contribution is 4.75. The summed E-state index contributed by atoms with van der Waals surface area (Å²) in [4.78, 5) is 0. The normalized spacial score (nSPS) is 41.2. The molecule has 140 valence electrons. The van der Waals surface area contributed by atoms with Gasteiger partial charge in [0.2, 0.25) is 0 Å². The highest BCUT2D eigenvalue weighted by atomic mass is 16.7. The third kappa shape index (κ3) is 6.00. The van der Waals surface area contributed by atoms with Gasteiger partial charge in [-0.05, 0) is 56.8 Å². The standard InChI is InChI=1S/C21H38O3/c1-16-3-5-18(6-4-16)7-8-19-9-11-21(24-13-19)12-10-20-14-22-17(2)23-15-20/h16-21H,3-15H2,1-2H3. The van der Waals surface area contributed by atoms with Crippen molar-refractivity contribution in [3.05, 3.63) is 0 Å². The maximum Gasteiger partial charge on any atom is 0.154 e. The highest BCUT2D eigenvalue weighted by Gasteiger charge is 2.26. The van der Waals surface area contributed by atoms with Crippen molar-refractivity contribution >= 4 is 0 Å². The second kappa shape index (κ2) is 9.54. The zero-order valence-electron chi connectivity index (χ0n) is 15.9. The van der Waals surface area contributed by atoms with Crippen LogP contribution < -0.4 is 0 Å². The molecule has 3 rings (SSSR count). The zero-order valence-corrected chi connectivity index (χ0v) is 15.9. The van der Waals surface area contributed by atoms with E-state index in [1.54, 1.807) is 0 Å². The third-order valence-electron chi connectivity index (χ3n) is 6.61. The van der Waals surface area contributed by atoms with Crippen LogP contribution >= 0.6 is 0 Å². The molecule has 3 nitrogen and oxygen atoms in total. The maximum atomic E-state index is 6.18. The van der Waals surface area contributed by atoms with Gasteiger partial charge < -0.3 is 14.2 Å². The summed E-state index contributed by atoms with van der Waals surface area (Å²) in [6.45, 7) is 7.11. The van der Waals surface area contributed by atoms with Gasteiger partial charge in [-0.25, -0.2) is 0 Å². The van der Waals surface area contributed by atoms with Crippen molar-refractivity contribution in [1.82, 2.24) is 0 Å². The number of ether oxygens (including phenoxy) is 3. The summed E-state index contributed by atoms with van der Waals surface area (Å²) in [7, 11) is 0. The molecule has 2 aliphatic heterocycles. The lowest BCUT2D eigenvalue weighted by Gasteiger charge is -2.33. The van der Waals surface area contributed by atoms with E-state index in [0.29, 0.717) is 12.0 Å². The van der Waals surface area contributed by atoms with E-state index in [1.807, 2.05) is 6.92 Å². The Kier molecular flexibility index (Phi) is 7.42. The minimum atomic E-state index is -0.0136. The lowest BCUT2D eigenvalue weighted by molar-refractivity contribution is -0.192. The Bertz CT molecular complexity index is 301. The van der Waals surface area contributed by atoms with Gasteiger partial charge in [0.1, 0.15) is 0 Å². The number of hydrogen-bond donors (Lipinski definition) is 0.